The minimum Gasteiger partial charge on any atom is -0.207 e. The van der Waals surface area contributed by atoms with Crippen molar-refractivity contribution < 1.29 is 4.39 Å². The lowest BCUT2D eigenvalue weighted by atomic mass is 9.93. The summed E-state index contributed by atoms with van der Waals surface area (Å²) < 4.78 is 13.5. The van der Waals surface area contributed by atoms with Gasteiger partial charge in [0.05, 0.1) is 4.83 Å². The molecule has 20 heavy (non-hydrogen) atoms. The van der Waals surface area contributed by atoms with Crippen LogP contribution < -0.4 is 0 Å². The molecule has 0 aliphatic carbocycles. The Balaban J connectivity index is 2.57. The van der Waals surface area contributed by atoms with Gasteiger partial charge in [0.2, 0.25) is 0 Å². The van der Waals surface area contributed by atoms with Crippen molar-refractivity contribution in [3.8, 4) is 0 Å². The fraction of sp³-hybridized carbons (Fsp3) is 0.294. The second-order valence-corrected chi connectivity index (χ2v) is 6.62. The highest BCUT2D eigenvalue weighted by Crippen LogP contribution is 2.39. The van der Waals surface area contributed by atoms with Crippen LogP contribution in [0.1, 0.15) is 38.2 Å². The number of aryl methyl sites for hydroxylation is 4. The smallest absolute Gasteiger partial charge is 0.127 e. The van der Waals surface area contributed by atoms with Gasteiger partial charge < -0.3 is 0 Å². The van der Waals surface area contributed by atoms with Crippen LogP contribution in [0.2, 0.25) is 5.02 Å². The second kappa shape index (κ2) is 5.87. The molecule has 0 heterocycles. The van der Waals surface area contributed by atoms with E-state index in [2.05, 4.69) is 48.8 Å². The molecule has 0 spiro atoms. The van der Waals surface area contributed by atoms with Crippen LogP contribution in [0.25, 0.3) is 0 Å². The molecule has 0 bridgehead atoms. The van der Waals surface area contributed by atoms with E-state index >= 15 is 0 Å². The van der Waals surface area contributed by atoms with Gasteiger partial charge >= 0.3 is 0 Å². The molecule has 1 unspecified atom stereocenters. The van der Waals surface area contributed by atoms with Crippen LogP contribution in [0.3, 0.4) is 0 Å². The Morgan fingerprint density at radius 1 is 0.950 bits per heavy atom. The van der Waals surface area contributed by atoms with E-state index in [1.165, 1.54) is 28.3 Å². The summed E-state index contributed by atoms with van der Waals surface area (Å²) >= 11 is 9.94. The second-order valence-electron chi connectivity index (χ2n) is 5.30. The van der Waals surface area contributed by atoms with Gasteiger partial charge in [0.15, 0.2) is 0 Å². The van der Waals surface area contributed by atoms with Gasteiger partial charge in [0.25, 0.3) is 0 Å². The molecular weight excluding hydrogens is 339 g/mol. The van der Waals surface area contributed by atoms with Gasteiger partial charge in [-0.2, -0.15) is 0 Å². The maximum Gasteiger partial charge on any atom is 0.127 e. The van der Waals surface area contributed by atoms with Crippen LogP contribution >= 0.6 is 27.5 Å². The molecule has 2 aromatic rings. The van der Waals surface area contributed by atoms with Crippen molar-refractivity contribution in [1.29, 1.82) is 0 Å². The lowest BCUT2D eigenvalue weighted by molar-refractivity contribution is 0.618. The van der Waals surface area contributed by atoms with Gasteiger partial charge in [-0.25, -0.2) is 4.39 Å². The van der Waals surface area contributed by atoms with Crippen LogP contribution in [0.4, 0.5) is 4.39 Å². The van der Waals surface area contributed by atoms with Crippen molar-refractivity contribution in [2.75, 3.05) is 0 Å². The molecule has 0 saturated carbocycles. The van der Waals surface area contributed by atoms with Crippen LogP contribution in [-0.2, 0) is 0 Å². The first kappa shape index (κ1) is 15.5. The first-order valence-electron chi connectivity index (χ1n) is 6.48. The largest absolute Gasteiger partial charge is 0.207 e. The molecule has 0 N–H and O–H groups in total. The van der Waals surface area contributed by atoms with Gasteiger partial charge in [0.1, 0.15) is 5.82 Å². The molecule has 0 fully saturated rings. The summed E-state index contributed by atoms with van der Waals surface area (Å²) in [5.74, 6) is -0.268. The Morgan fingerprint density at radius 2 is 1.50 bits per heavy atom. The molecule has 0 saturated heterocycles. The fourth-order valence-corrected chi connectivity index (χ4v) is 4.11. The topological polar surface area (TPSA) is 0 Å². The van der Waals surface area contributed by atoms with Gasteiger partial charge in [0, 0.05) is 5.02 Å². The van der Waals surface area contributed by atoms with Crippen molar-refractivity contribution >= 4 is 27.5 Å². The van der Waals surface area contributed by atoms with Gasteiger partial charge in [-0.1, -0.05) is 51.3 Å². The maximum atomic E-state index is 13.5. The van der Waals surface area contributed by atoms with Gasteiger partial charge in [-0.15, -0.1) is 0 Å². The highest BCUT2D eigenvalue weighted by Gasteiger charge is 2.19. The van der Waals surface area contributed by atoms with E-state index < -0.39 is 0 Å². The monoisotopic (exact) mass is 354 g/mol. The average Bonchev–Trinajstić information content (AvgIpc) is 2.32. The summed E-state index contributed by atoms with van der Waals surface area (Å²) in [5.41, 5.74) is 6.37. The summed E-state index contributed by atoms with van der Waals surface area (Å²) in [5, 5.41) is 0.453. The SMILES string of the molecule is Cc1cc(C)c(C(Br)c2cc(C)c(F)cc2Cl)c(C)c1. The summed E-state index contributed by atoms with van der Waals surface area (Å²) in [6.07, 6.45) is 0. The summed E-state index contributed by atoms with van der Waals surface area (Å²) in [6.45, 7) is 8.02. The summed E-state index contributed by atoms with van der Waals surface area (Å²) in [4.78, 5) is -0.0325. The predicted octanol–water partition coefficient (Wildman–Crippen LogP) is 6.20. The lowest BCUT2D eigenvalue weighted by Gasteiger charge is -2.19. The van der Waals surface area contributed by atoms with E-state index in [9.17, 15) is 4.39 Å². The van der Waals surface area contributed by atoms with Gasteiger partial charge in [-0.3, -0.25) is 0 Å². The Bertz CT molecular complexity index is 641. The average molecular weight is 356 g/mol. The van der Waals surface area contributed by atoms with Crippen LogP contribution in [0.15, 0.2) is 24.3 Å². The third-order valence-electron chi connectivity index (χ3n) is 3.54. The minimum absolute atomic E-state index is 0.0325. The Morgan fingerprint density at radius 3 is 2.05 bits per heavy atom. The van der Waals surface area contributed by atoms with Crippen molar-refractivity contribution in [1.82, 2.24) is 0 Å². The molecule has 0 aromatic heterocycles. The first-order valence-corrected chi connectivity index (χ1v) is 7.78. The molecular formula is C17H17BrClF. The van der Waals surface area contributed by atoms with E-state index in [1.807, 2.05) is 6.07 Å². The normalized spacial score (nSPS) is 12.6. The molecule has 3 heteroatoms. The number of alkyl halides is 1. The van der Waals surface area contributed by atoms with Crippen LogP contribution in [0, 0.1) is 33.5 Å². The van der Waals surface area contributed by atoms with E-state index in [1.54, 1.807) is 6.92 Å². The number of rotatable bonds is 2. The standard InChI is InChI=1S/C17H17BrClF/c1-9-5-11(3)16(12(4)6-9)17(18)13-7-10(2)15(20)8-14(13)19/h5-8,17H,1-4H3. The number of halogens is 3. The van der Waals surface area contributed by atoms with Crippen molar-refractivity contribution in [3.63, 3.8) is 0 Å². The van der Waals surface area contributed by atoms with Gasteiger partial charge in [-0.05, 0) is 61.6 Å². The lowest BCUT2D eigenvalue weighted by Crippen LogP contribution is -2.02. The minimum atomic E-state index is -0.268. The van der Waals surface area contributed by atoms with E-state index in [0.717, 1.165) is 5.56 Å². The molecule has 1 atom stereocenters. The fourth-order valence-electron chi connectivity index (χ4n) is 2.62. The molecule has 2 rings (SSSR count). The first-order chi connectivity index (χ1) is 9.31. The van der Waals surface area contributed by atoms with Crippen LogP contribution in [0.5, 0.6) is 0 Å². The zero-order chi connectivity index (χ0) is 15.0. The number of benzene rings is 2. The van der Waals surface area contributed by atoms with E-state index in [0.29, 0.717) is 10.6 Å². The Labute approximate surface area is 133 Å². The molecule has 106 valence electrons. The zero-order valence-electron chi connectivity index (χ0n) is 12.0. The predicted molar refractivity (Wildman–Crippen MR) is 87.6 cm³/mol. The molecule has 2 aromatic carbocycles. The van der Waals surface area contributed by atoms with E-state index in [-0.39, 0.29) is 10.6 Å². The molecule has 0 radical (unpaired) electrons. The third-order valence-corrected chi connectivity index (χ3v) is 4.82. The zero-order valence-corrected chi connectivity index (χ0v) is 14.4. The Hall–Kier alpha value is -0.860. The van der Waals surface area contributed by atoms with Crippen molar-refractivity contribution in [2.45, 2.75) is 32.5 Å². The molecule has 0 amide bonds. The highest BCUT2D eigenvalue weighted by molar-refractivity contribution is 9.09. The summed E-state index contributed by atoms with van der Waals surface area (Å²) in [6, 6.07) is 7.51. The Kier molecular flexibility index (Phi) is 4.55. The number of hydrogen-bond donors (Lipinski definition) is 0. The van der Waals surface area contributed by atoms with Crippen molar-refractivity contribution in [3.05, 3.63) is 68.5 Å². The van der Waals surface area contributed by atoms with E-state index in [4.69, 9.17) is 11.6 Å². The maximum absolute atomic E-state index is 13.5. The van der Waals surface area contributed by atoms with Crippen LogP contribution in [-0.4, -0.2) is 0 Å². The quantitative estimate of drug-likeness (QED) is 0.563. The molecule has 0 aliphatic heterocycles. The molecule has 0 nitrogen and oxygen atoms in total. The van der Waals surface area contributed by atoms with Crippen molar-refractivity contribution in [2.24, 2.45) is 0 Å². The summed E-state index contributed by atoms with van der Waals surface area (Å²) in [7, 11) is 0. The third kappa shape index (κ3) is 2.91. The number of hydrogen-bond acceptors (Lipinski definition) is 0. The highest BCUT2D eigenvalue weighted by atomic mass is 79.9. The molecule has 0 aliphatic rings.